The quantitative estimate of drug-likeness (QED) is 0.390. The highest BCUT2D eigenvalue weighted by atomic mass is 28.5. The van der Waals surface area contributed by atoms with E-state index in [9.17, 15) is 0 Å². The Morgan fingerprint density at radius 2 is 0.577 bits per heavy atom. The fourth-order valence-electron chi connectivity index (χ4n) is 3.23. The average Bonchev–Trinajstić information content (AvgIpc) is 2.16. The predicted molar refractivity (Wildman–Crippen MR) is 123 cm³/mol. The molecular formula is C14H42O6Si6. The van der Waals surface area contributed by atoms with Gasteiger partial charge in [-0.3, -0.25) is 0 Å². The van der Waals surface area contributed by atoms with E-state index in [1.807, 2.05) is 13.1 Å². The Morgan fingerprint density at radius 1 is 0.346 bits per heavy atom. The van der Waals surface area contributed by atoms with Gasteiger partial charge in [-0.2, -0.15) is 0 Å². The van der Waals surface area contributed by atoms with Crippen LogP contribution in [-0.2, 0) is 25.0 Å². The topological polar surface area (TPSA) is 55.4 Å². The largest absolute Gasteiger partial charge is 0.437 e. The standard InChI is InChI=1S/C14H42O6Si6/c1-15-22(5,6)17-24(9,10)19-26(13,14)20-25(11,12)18-23(7,8)16-21(2,3)4/h1-14H3. The third-order valence-corrected chi connectivity index (χ3v) is 24.1. The first-order chi connectivity index (χ1) is 11.1. The molecule has 0 aliphatic rings. The third kappa shape index (κ3) is 12.5. The molecule has 0 aliphatic carbocycles. The summed E-state index contributed by atoms with van der Waals surface area (Å²) in [7, 11) is -11.6. The van der Waals surface area contributed by atoms with Crippen LogP contribution in [0.2, 0.25) is 85.1 Å². The van der Waals surface area contributed by atoms with Gasteiger partial charge in [0.2, 0.25) is 0 Å². The van der Waals surface area contributed by atoms with Crippen LogP contribution in [0.25, 0.3) is 0 Å². The summed E-state index contributed by atoms with van der Waals surface area (Å²) in [5.74, 6) is 0. The van der Waals surface area contributed by atoms with Crippen LogP contribution in [-0.4, -0.2) is 58.2 Å². The lowest BCUT2D eigenvalue weighted by Crippen LogP contribution is -2.60. The van der Waals surface area contributed by atoms with Crippen molar-refractivity contribution < 1.29 is 25.0 Å². The zero-order chi connectivity index (χ0) is 21.2. The van der Waals surface area contributed by atoms with Crippen molar-refractivity contribution in [3.63, 3.8) is 0 Å². The molecule has 0 saturated heterocycles. The summed E-state index contributed by atoms with van der Waals surface area (Å²) in [6.45, 7) is 27.3. The van der Waals surface area contributed by atoms with E-state index in [0.717, 1.165) is 0 Å². The molecular weight excluding hydrogens is 433 g/mol. The maximum absolute atomic E-state index is 6.49. The van der Waals surface area contributed by atoms with Gasteiger partial charge in [-0.15, -0.1) is 0 Å². The van der Waals surface area contributed by atoms with Crippen molar-refractivity contribution in [3.8, 4) is 0 Å². The van der Waals surface area contributed by atoms with Gasteiger partial charge in [0.05, 0.1) is 0 Å². The Kier molecular flexibility index (Phi) is 9.19. The van der Waals surface area contributed by atoms with Crippen molar-refractivity contribution in [2.45, 2.75) is 85.1 Å². The van der Waals surface area contributed by atoms with Crippen LogP contribution in [0, 0.1) is 0 Å². The van der Waals surface area contributed by atoms with Gasteiger partial charge in [0.15, 0.2) is 8.32 Å². The van der Waals surface area contributed by atoms with Crippen molar-refractivity contribution in [3.05, 3.63) is 0 Å². The number of hydrogen-bond donors (Lipinski definition) is 0. The summed E-state index contributed by atoms with van der Waals surface area (Å²) < 4.78 is 37.5. The number of rotatable bonds is 11. The Morgan fingerprint density at radius 3 is 0.808 bits per heavy atom. The molecule has 0 amide bonds. The molecule has 0 fully saturated rings. The Bertz CT molecular complexity index is 461. The smallest absolute Gasteiger partial charge is 0.322 e. The lowest BCUT2D eigenvalue weighted by Gasteiger charge is -2.42. The summed E-state index contributed by atoms with van der Waals surface area (Å²) in [5.41, 5.74) is 0. The fraction of sp³-hybridized carbons (Fsp3) is 1.00. The van der Waals surface area contributed by atoms with Crippen molar-refractivity contribution in [1.29, 1.82) is 0 Å². The zero-order valence-corrected chi connectivity index (χ0v) is 25.4. The van der Waals surface area contributed by atoms with Crippen molar-refractivity contribution in [2.75, 3.05) is 7.11 Å². The first-order valence-electron chi connectivity index (χ1n) is 9.15. The Labute approximate surface area is 168 Å². The molecule has 0 heterocycles. The molecule has 0 spiro atoms. The lowest BCUT2D eigenvalue weighted by atomic mass is 11.8. The molecule has 0 aromatic carbocycles. The van der Waals surface area contributed by atoms with Crippen molar-refractivity contribution >= 4 is 51.1 Å². The van der Waals surface area contributed by atoms with Crippen LogP contribution in [0.15, 0.2) is 0 Å². The SMILES string of the molecule is CO[Si](C)(C)O[Si](C)(C)O[Si](C)(C)O[Si](C)(C)O[Si](C)(C)O[Si](C)(C)C. The van der Waals surface area contributed by atoms with E-state index in [1.165, 1.54) is 0 Å². The van der Waals surface area contributed by atoms with E-state index in [-0.39, 0.29) is 0 Å². The van der Waals surface area contributed by atoms with Crippen LogP contribution in [0.5, 0.6) is 0 Å². The lowest BCUT2D eigenvalue weighted by molar-refractivity contribution is 0.254. The maximum atomic E-state index is 6.49. The molecule has 0 N–H and O–H groups in total. The number of hydrogen-bond acceptors (Lipinski definition) is 6. The second-order valence-electron chi connectivity index (χ2n) is 9.83. The Balaban J connectivity index is 5.05. The minimum atomic E-state index is -2.43. The highest BCUT2D eigenvalue weighted by Crippen LogP contribution is 2.27. The van der Waals surface area contributed by atoms with Crippen LogP contribution < -0.4 is 0 Å². The monoisotopic (exact) mass is 474 g/mol. The van der Waals surface area contributed by atoms with E-state index in [2.05, 4.69) is 72.0 Å². The summed E-state index contributed by atoms with van der Waals surface area (Å²) >= 11 is 0. The summed E-state index contributed by atoms with van der Waals surface area (Å²) in [4.78, 5) is 0. The van der Waals surface area contributed by atoms with Gasteiger partial charge in [-0.05, 0) is 85.1 Å². The highest BCUT2D eigenvalue weighted by molar-refractivity contribution is 6.90. The van der Waals surface area contributed by atoms with Crippen molar-refractivity contribution in [2.24, 2.45) is 0 Å². The molecule has 0 aliphatic heterocycles. The van der Waals surface area contributed by atoms with Crippen LogP contribution in [0.1, 0.15) is 0 Å². The normalized spacial score (nSPS) is 15.5. The van der Waals surface area contributed by atoms with E-state index in [1.54, 1.807) is 7.11 Å². The molecule has 12 heteroatoms. The molecule has 0 unspecified atom stereocenters. The Hall–Kier alpha value is 1.06. The predicted octanol–water partition coefficient (Wildman–Crippen LogP) is 5.06. The van der Waals surface area contributed by atoms with E-state index < -0.39 is 51.1 Å². The van der Waals surface area contributed by atoms with Crippen LogP contribution in [0.3, 0.4) is 0 Å². The van der Waals surface area contributed by atoms with Crippen molar-refractivity contribution in [1.82, 2.24) is 0 Å². The minimum absolute atomic E-state index is 1.66. The summed E-state index contributed by atoms with van der Waals surface area (Å²) in [6.07, 6.45) is 0. The molecule has 0 bridgehead atoms. The molecule has 0 atom stereocenters. The van der Waals surface area contributed by atoms with Gasteiger partial charge >= 0.3 is 42.8 Å². The van der Waals surface area contributed by atoms with E-state index >= 15 is 0 Å². The summed E-state index contributed by atoms with van der Waals surface area (Å²) in [5, 5.41) is 0. The summed E-state index contributed by atoms with van der Waals surface area (Å²) in [6, 6.07) is 0. The van der Waals surface area contributed by atoms with Gasteiger partial charge in [-0.1, -0.05) is 0 Å². The highest BCUT2D eigenvalue weighted by Gasteiger charge is 2.47. The second kappa shape index (κ2) is 8.83. The molecule has 0 rings (SSSR count). The van der Waals surface area contributed by atoms with Gasteiger partial charge in [0.25, 0.3) is 0 Å². The third-order valence-electron chi connectivity index (χ3n) is 3.01. The molecule has 158 valence electrons. The molecule has 0 saturated carbocycles. The zero-order valence-electron chi connectivity index (χ0n) is 19.4. The molecule has 0 radical (unpaired) electrons. The van der Waals surface area contributed by atoms with E-state index in [4.69, 9.17) is 25.0 Å². The molecule has 0 aromatic heterocycles. The van der Waals surface area contributed by atoms with Gasteiger partial charge in [0.1, 0.15) is 0 Å². The average molecular weight is 475 g/mol. The van der Waals surface area contributed by atoms with Crippen LogP contribution >= 0.6 is 0 Å². The van der Waals surface area contributed by atoms with Gasteiger partial charge in [0, 0.05) is 7.11 Å². The van der Waals surface area contributed by atoms with Crippen LogP contribution in [0.4, 0.5) is 0 Å². The van der Waals surface area contributed by atoms with E-state index in [0.29, 0.717) is 0 Å². The fourth-order valence-corrected chi connectivity index (χ4v) is 30.6. The molecule has 26 heavy (non-hydrogen) atoms. The maximum Gasteiger partial charge on any atom is 0.322 e. The minimum Gasteiger partial charge on any atom is -0.437 e. The molecule has 0 aromatic rings. The molecule has 6 nitrogen and oxygen atoms in total. The van der Waals surface area contributed by atoms with Gasteiger partial charge < -0.3 is 25.0 Å². The first-order valence-corrected chi connectivity index (χ1v) is 26.6. The second-order valence-corrected chi connectivity index (χ2v) is 32.5. The van der Waals surface area contributed by atoms with Gasteiger partial charge in [-0.25, -0.2) is 0 Å². The first kappa shape index (κ1) is 27.1.